The highest BCUT2D eigenvalue weighted by atomic mass is 16.3. The Morgan fingerprint density at radius 1 is 1.04 bits per heavy atom. The Bertz CT molecular complexity index is 1060. The predicted molar refractivity (Wildman–Crippen MR) is 92.0 cm³/mol. The van der Waals surface area contributed by atoms with E-state index in [1.165, 1.54) is 0 Å². The fourth-order valence-corrected chi connectivity index (χ4v) is 2.45. The SMILES string of the molecule is NC(=O)c1ccc(N=Nc2c(-c3ccco3)nc3ccccn23)cc1. The summed E-state index contributed by atoms with van der Waals surface area (Å²) in [6.07, 6.45) is 3.45. The van der Waals surface area contributed by atoms with Crippen LogP contribution in [0.4, 0.5) is 11.5 Å². The number of amides is 1. The van der Waals surface area contributed by atoms with Crippen molar-refractivity contribution in [3.05, 3.63) is 72.6 Å². The molecular formula is C18H13N5O2. The molecule has 4 rings (SSSR count). The van der Waals surface area contributed by atoms with Crippen LogP contribution >= 0.6 is 0 Å². The van der Waals surface area contributed by atoms with Crippen molar-refractivity contribution >= 4 is 23.1 Å². The van der Waals surface area contributed by atoms with Crippen LogP contribution in [0.2, 0.25) is 0 Å². The maximum Gasteiger partial charge on any atom is 0.248 e. The van der Waals surface area contributed by atoms with E-state index in [9.17, 15) is 4.79 Å². The molecule has 0 atom stereocenters. The van der Waals surface area contributed by atoms with Gasteiger partial charge in [-0.05, 0) is 48.5 Å². The lowest BCUT2D eigenvalue weighted by Gasteiger charge is -1.98. The van der Waals surface area contributed by atoms with Crippen molar-refractivity contribution in [2.75, 3.05) is 0 Å². The quantitative estimate of drug-likeness (QED) is 0.570. The van der Waals surface area contributed by atoms with E-state index in [4.69, 9.17) is 10.2 Å². The maximum absolute atomic E-state index is 11.1. The highest BCUT2D eigenvalue weighted by molar-refractivity contribution is 5.93. The monoisotopic (exact) mass is 331 g/mol. The number of aromatic nitrogens is 2. The van der Waals surface area contributed by atoms with Gasteiger partial charge in [0.25, 0.3) is 0 Å². The van der Waals surface area contributed by atoms with Gasteiger partial charge < -0.3 is 10.2 Å². The molecule has 0 aliphatic rings. The van der Waals surface area contributed by atoms with Crippen molar-refractivity contribution in [3.8, 4) is 11.5 Å². The number of carbonyl (C=O) groups is 1. The molecule has 0 radical (unpaired) electrons. The standard InChI is InChI=1S/C18H13N5O2/c19-17(24)12-6-8-13(9-7-12)21-22-18-16(14-4-3-11-25-14)20-15-5-1-2-10-23(15)18/h1-11H,(H2,19,24). The number of pyridine rings is 1. The number of fused-ring (bicyclic) bond motifs is 1. The van der Waals surface area contributed by atoms with Crippen LogP contribution in [0.3, 0.4) is 0 Å². The summed E-state index contributed by atoms with van der Waals surface area (Å²) in [7, 11) is 0. The lowest BCUT2D eigenvalue weighted by atomic mass is 10.2. The highest BCUT2D eigenvalue weighted by Crippen LogP contribution is 2.32. The molecule has 0 unspecified atom stereocenters. The van der Waals surface area contributed by atoms with Crippen LogP contribution in [-0.4, -0.2) is 15.3 Å². The zero-order valence-electron chi connectivity index (χ0n) is 13.0. The molecule has 3 aromatic heterocycles. The number of imidazole rings is 1. The minimum Gasteiger partial charge on any atom is -0.463 e. The second-order valence-electron chi connectivity index (χ2n) is 5.30. The van der Waals surface area contributed by atoms with Gasteiger partial charge in [0.05, 0.1) is 12.0 Å². The molecule has 1 aromatic carbocycles. The first-order valence-electron chi connectivity index (χ1n) is 7.55. The molecule has 7 nitrogen and oxygen atoms in total. The molecule has 122 valence electrons. The van der Waals surface area contributed by atoms with Gasteiger partial charge in [-0.1, -0.05) is 6.07 Å². The second kappa shape index (κ2) is 6.04. The molecule has 0 fully saturated rings. The van der Waals surface area contributed by atoms with Crippen LogP contribution in [-0.2, 0) is 0 Å². The van der Waals surface area contributed by atoms with Crippen molar-refractivity contribution in [1.82, 2.24) is 9.38 Å². The zero-order chi connectivity index (χ0) is 17.2. The molecule has 0 saturated carbocycles. The van der Waals surface area contributed by atoms with E-state index < -0.39 is 5.91 Å². The fraction of sp³-hybridized carbons (Fsp3) is 0. The van der Waals surface area contributed by atoms with Gasteiger partial charge in [0.1, 0.15) is 5.65 Å². The molecule has 3 heterocycles. The molecule has 0 bridgehead atoms. The molecule has 0 aliphatic heterocycles. The zero-order valence-corrected chi connectivity index (χ0v) is 13.0. The molecule has 1 amide bonds. The van der Waals surface area contributed by atoms with Gasteiger partial charge in [0.15, 0.2) is 17.3 Å². The largest absolute Gasteiger partial charge is 0.463 e. The Kier molecular flexibility index (Phi) is 3.59. The van der Waals surface area contributed by atoms with E-state index in [-0.39, 0.29) is 0 Å². The van der Waals surface area contributed by atoms with Gasteiger partial charge in [-0.25, -0.2) is 4.98 Å². The van der Waals surface area contributed by atoms with Gasteiger partial charge in [-0.3, -0.25) is 9.20 Å². The van der Waals surface area contributed by atoms with Gasteiger partial charge in [0, 0.05) is 11.8 Å². The first-order chi connectivity index (χ1) is 12.2. The van der Waals surface area contributed by atoms with Crippen LogP contribution in [0.5, 0.6) is 0 Å². The normalized spacial score (nSPS) is 11.4. The molecule has 0 spiro atoms. The average molecular weight is 331 g/mol. The summed E-state index contributed by atoms with van der Waals surface area (Å²) in [4.78, 5) is 15.7. The summed E-state index contributed by atoms with van der Waals surface area (Å²) in [5, 5.41) is 8.58. The van der Waals surface area contributed by atoms with E-state index in [2.05, 4.69) is 15.2 Å². The molecule has 4 aromatic rings. The van der Waals surface area contributed by atoms with Crippen LogP contribution in [0.25, 0.3) is 17.1 Å². The first kappa shape index (κ1) is 14.8. The Hall–Kier alpha value is -3.74. The van der Waals surface area contributed by atoms with E-state index in [0.717, 1.165) is 5.65 Å². The predicted octanol–water partition coefficient (Wildman–Crippen LogP) is 4.11. The summed E-state index contributed by atoms with van der Waals surface area (Å²) >= 11 is 0. The number of nitrogens with zero attached hydrogens (tertiary/aromatic N) is 4. The number of benzene rings is 1. The van der Waals surface area contributed by atoms with E-state index in [0.29, 0.717) is 28.5 Å². The lowest BCUT2D eigenvalue weighted by molar-refractivity contribution is 0.100. The lowest BCUT2D eigenvalue weighted by Crippen LogP contribution is -2.10. The van der Waals surface area contributed by atoms with Crippen molar-refractivity contribution in [3.63, 3.8) is 0 Å². The Labute approximate surface area is 142 Å². The summed E-state index contributed by atoms with van der Waals surface area (Å²) < 4.78 is 7.29. The van der Waals surface area contributed by atoms with Crippen LogP contribution < -0.4 is 5.73 Å². The van der Waals surface area contributed by atoms with E-state index in [1.54, 1.807) is 36.6 Å². The van der Waals surface area contributed by atoms with Gasteiger partial charge >= 0.3 is 0 Å². The van der Waals surface area contributed by atoms with Crippen molar-refractivity contribution < 1.29 is 9.21 Å². The minimum atomic E-state index is -0.481. The molecule has 0 aliphatic carbocycles. The third kappa shape index (κ3) is 2.78. The summed E-state index contributed by atoms with van der Waals surface area (Å²) in [6.45, 7) is 0. The van der Waals surface area contributed by atoms with E-state index in [1.807, 2.05) is 34.9 Å². The highest BCUT2D eigenvalue weighted by Gasteiger charge is 2.15. The summed E-state index contributed by atoms with van der Waals surface area (Å²) in [6, 6.07) is 15.9. The third-order valence-corrected chi connectivity index (χ3v) is 3.67. The number of hydrogen-bond acceptors (Lipinski definition) is 5. The van der Waals surface area contributed by atoms with Crippen molar-refractivity contribution in [2.45, 2.75) is 0 Å². The Balaban J connectivity index is 1.77. The number of azo groups is 1. The van der Waals surface area contributed by atoms with Gasteiger partial charge in [0.2, 0.25) is 5.91 Å². The molecule has 2 N–H and O–H groups in total. The average Bonchev–Trinajstić information content (AvgIpc) is 3.28. The Morgan fingerprint density at radius 3 is 2.60 bits per heavy atom. The smallest absolute Gasteiger partial charge is 0.248 e. The second-order valence-corrected chi connectivity index (χ2v) is 5.30. The topological polar surface area (TPSA) is 98.2 Å². The summed E-state index contributed by atoms with van der Waals surface area (Å²) in [5.74, 6) is 0.691. The summed E-state index contributed by atoms with van der Waals surface area (Å²) in [5.41, 5.74) is 7.60. The van der Waals surface area contributed by atoms with Gasteiger partial charge in [-0.15, -0.1) is 10.2 Å². The van der Waals surface area contributed by atoms with E-state index >= 15 is 0 Å². The minimum absolute atomic E-state index is 0.421. The maximum atomic E-state index is 11.1. The number of carbonyl (C=O) groups excluding carboxylic acids is 1. The van der Waals surface area contributed by atoms with Crippen molar-refractivity contribution in [1.29, 1.82) is 0 Å². The van der Waals surface area contributed by atoms with Crippen molar-refractivity contribution in [2.24, 2.45) is 16.0 Å². The molecule has 7 heteroatoms. The number of primary amides is 1. The number of nitrogens with two attached hydrogens (primary N) is 1. The van der Waals surface area contributed by atoms with Crippen LogP contribution in [0.15, 0.2) is 81.7 Å². The fourth-order valence-electron chi connectivity index (χ4n) is 2.45. The van der Waals surface area contributed by atoms with Crippen LogP contribution in [0.1, 0.15) is 10.4 Å². The number of hydrogen-bond donors (Lipinski definition) is 1. The molecular weight excluding hydrogens is 318 g/mol. The Morgan fingerprint density at radius 2 is 1.88 bits per heavy atom. The molecule has 25 heavy (non-hydrogen) atoms. The number of furan rings is 1. The van der Waals surface area contributed by atoms with Gasteiger partial charge in [-0.2, -0.15) is 0 Å². The van der Waals surface area contributed by atoms with Crippen LogP contribution in [0, 0.1) is 0 Å². The first-order valence-corrected chi connectivity index (χ1v) is 7.55. The number of rotatable bonds is 4. The third-order valence-electron chi connectivity index (χ3n) is 3.67. The molecule has 0 saturated heterocycles.